The van der Waals surface area contributed by atoms with E-state index in [2.05, 4.69) is 32.0 Å². The molecule has 0 N–H and O–H groups in total. The van der Waals surface area contributed by atoms with E-state index >= 15 is 0 Å². The van der Waals surface area contributed by atoms with Gasteiger partial charge in [0, 0.05) is 25.5 Å². The Morgan fingerprint density at radius 3 is 2.58 bits per heavy atom. The molecule has 0 aromatic carbocycles. The first-order chi connectivity index (χ1) is 12.7. The van der Waals surface area contributed by atoms with Crippen LogP contribution in [0.1, 0.15) is 59.2 Å². The lowest BCUT2D eigenvalue weighted by Gasteiger charge is -2.24. The van der Waals surface area contributed by atoms with Gasteiger partial charge >= 0.3 is 0 Å². The Kier molecular flexibility index (Phi) is 4.93. The summed E-state index contributed by atoms with van der Waals surface area (Å²) >= 11 is 0. The van der Waals surface area contributed by atoms with Crippen molar-refractivity contribution in [3.8, 4) is 0 Å². The molecule has 2 aromatic heterocycles. The lowest BCUT2D eigenvalue weighted by atomic mass is 10.1. The van der Waals surface area contributed by atoms with Crippen LogP contribution in [0.2, 0.25) is 0 Å². The van der Waals surface area contributed by atoms with Crippen LogP contribution in [-0.4, -0.2) is 50.3 Å². The number of aromatic nitrogens is 3. The van der Waals surface area contributed by atoms with Crippen LogP contribution in [0.25, 0.3) is 0 Å². The van der Waals surface area contributed by atoms with Crippen molar-refractivity contribution in [2.24, 2.45) is 0 Å². The molecule has 2 fully saturated rings. The zero-order chi connectivity index (χ0) is 17.9. The van der Waals surface area contributed by atoms with E-state index in [0.717, 1.165) is 37.3 Å². The molecule has 6 heteroatoms. The van der Waals surface area contributed by atoms with Crippen molar-refractivity contribution in [1.29, 1.82) is 0 Å². The number of hydrogen-bond donors (Lipinski definition) is 0. The molecule has 0 bridgehead atoms. The minimum atomic E-state index is -0.0528. The van der Waals surface area contributed by atoms with Crippen molar-refractivity contribution in [3.05, 3.63) is 53.4 Å². The summed E-state index contributed by atoms with van der Waals surface area (Å²) in [6, 6.07) is 4.28. The van der Waals surface area contributed by atoms with E-state index in [-0.39, 0.29) is 11.9 Å². The number of pyridine rings is 1. The van der Waals surface area contributed by atoms with E-state index in [4.69, 9.17) is 0 Å². The predicted octanol–water partition coefficient (Wildman–Crippen LogP) is 2.75. The maximum absolute atomic E-state index is 12.8. The van der Waals surface area contributed by atoms with Gasteiger partial charge in [-0.1, -0.05) is 6.07 Å². The van der Waals surface area contributed by atoms with E-state index in [1.54, 1.807) is 12.4 Å². The highest BCUT2D eigenvalue weighted by Gasteiger charge is 2.32. The molecular weight excluding hydrogens is 326 g/mol. The Hall–Kier alpha value is -2.34. The van der Waals surface area contributed by atoms with Gasteiger partial charge in [0.2, 0.25) is 0 Å². The molecule has 0 saturated carbocycles. The quantitative estimate of drug-likeness (QED) is 0.848. The lowest BCUT2D eigenvalue weighted by molar-refractivity contribution is 0.0726. The molecule has 0 radical (unpaired) electrons. The topological polar surface area (TPSA) is 62.2 Å². The van der Waals surface area contributed by atoms with E-state index < -0.39 is 0 Å². The van der Waals surface area contributed by atoms with Gasteiger partial charge in [0.1, 0.15) is 5.69 Å². The van der Waals surface area contributed by atoms with Gasteiger partial charge in [-0.2, -0.15) is 0 Å². The summed E-state index contributed by atoms with van der Waals surface area (Å²) in [5, 5.41) is 0. The van der Waals surface area contributed by atoms with Crippen LogP contribution in [0.15, 0.2) is 30.7 Å². The summed E-state index contributed by atoms with van der Waals surface area (Å²) in [5.41, 5.74) is 3.44. The highest BCUT2D eigenvalue weighted by molar-refractivity contribution is 5.92. The van der Waals surface area contributed by atoms with Crippen molar-refractivity contribution >= 4 is 5.91 Å². The molecule has 136 valence electrons. The van der Waals surface area contributed by atoms with Crippen molar-refractivity contribution in [3.63, 3.8) is 0 Å². The van der Waals surface area contributed by atoms with Gasteiger partial charge < -0.3 is 4.90 Å². The summed E-state index contributed by atoms with van der Waals surface area (Å²) in [6.45, 7) is 5.96. The van der Waals surface area contributed by atoms with Crippen LogP contribution in [0.5, 0.6) is 0 Å². The molecule has 2 aromatic rings. The highest BCUT2D eigenvalue weighted by atomic mass is 16.2. The number of hydrogen-bond acceptors (Lipinski definition) is 5. The number of likely N-dealkylation sites (tertiary alicyclic amines) is 2. The zero-order valence-electron chi connectivity index (χ0n) is 15.3. The average molecular weight is 351 g/mol. The van der Waals surface area contributed by atoms with Gasteiger partial charge in [0.05, 0.1) is 23.6 Å². The van der Waals surface area contributed by atoms with Crippen LogP contribution < -0.4 is 0 Å². The minimum absolute atomic E-state index is 0.0337. The normalized spacial score (nSPS) is 20.7. The van der Waals surface area contributed by atoms with E-state index in [1.807, 2.05) is 18.0 Å². The number of carbonyl (C=O) groups is 1. The van der Waals surface area contributed by atoms with Gasteiger partial charge in [0.25, 0.3) is 5.91 Å². The highest BCUT2D eigenvalue weighted by Crippen LogP contribution is 2.32. The van der Waals surface area contributed by atoms with Crippen LogP contribution in [0.3, 0.4) is 0 Å². The maximum atomic E-state index is 12.8. The van der Waals surface area contributed by atoms with E-state index in [9.17, 15) is 4.79 Å². The summed E-state index contributed by atoms with van der Waals surface area (Å²) < 4.78 is 0. The molecule has 1 atom stereocenters. The molecular formula is C20H25N5O. The molecule has 0 spiro atoms. The third-order valence-electron chi connectivity index (χ3n) is 5.31. The van der Waals surface area contributed by atoms with Crippen LogP contribution in [-0.2, 0) is 6.54 Å². The fourth-order valence-electron chi connectivity index (χ4n) is 3.89. The number of rotatable bonds is 4. The number of nitrogens with zero attached hydrogens (tertiary/aromatic N) is 5. The first kappa shape index (κ1) is 17.1. The monoisotopic (exact) mass is 351 g/mol. The second-order valence-corrected chi connectivity index (χ2v) is 7.27. The Morgan fingerprint density at radius 2 is 1.88 bits per heavy atom. The zero-order valence-corrected chi connectivity index (χ0v) is 15.3. The molecule has 26 heavy (non-hydrogen) atoms. The fraction of sp³-hybridized carbons (Fsp3) is 0.500. The second-order valence-electron chi connectivity index (χ2n) is 7.27. The third kappa shape index (κ3) is 3.60. The lowest BCUT2D eigenvalue weighted by Crippen LogP contribution is -2.31. The van der Waals surface area contributed by atoms with Crippen molar-refractivity contribution in [2.45, 2.75) is 45.2 Å². The molecule has 4 heterocycles. The van der Waals surface area contributed by atoms with Crippen LogP contribution in [0, 0.1) is 6.92 Å². The second kappa shape index (κ2) is 7.50. The van der Waals surface area contributed by atoms with E-state index in [0.29, 0.717) is 5.69 Å². The number of carbonyl (C=O) groups excluding carboxylic acids is 1. The molecule has 4 rings (SSSR count). The first-order valence-electron chi connectivity index (χ1n) is 9.47. The molecule has 2 aliphatic rings. The number of aryl methyl sites for hydroxylation is 1. The Balaban J connectivity index is 1.47. The molecule has 2 saturated heterocycles. The summed E-state index contributed by atoms with van der Waals surface area (Å²) in [5.74, 6) is -0.0528. The maximum Gasteiger partial charge on any atom is 0.274 e. The summed E-state index contributed by atoms with van der Waals surface area (Å²) in [4.78, 5) is 30.3. The smallest absolute Gasteiger partial charge is 0.274 e. The Bertz CT molecular complexity index is 753. The minimum Gasteiger partial charge on any atom is -0.329 e. The van der Waals surface area contributed by atoms with Crippen molar-refractivity contribution in [2.75, 3.05) is 19.6 Å². The molecule has 0 aliphatic carbocycles. The molecule has 0 unspecified atom stereocenters. The molecule has 6 nitrogen and oxygen atoms in total. The van der Waals surface area contributed by atoms with Gasteiger partial charge in [-0.15, -0.1) is 0 Å². The number of amides is 1. The largest absolute Gasteiger partial charge is 0.329 e. The summed E-state index contributed by atoms with van der Waals surface area (Å²) in [7, 11) is 0. The Morgan fingerprint density at radius 1 is 1.04 bits per heavy atom. The van der Waals surface area contributed by atoms with Crippen LogP contribution in [0.4, 0.5) is 0 Å². The molecule has 1 amide bonds. The van der Waals surface area contributed by atoms with Gasteiger partial charge in [0.15, 0.2) is 0 Å². The summed E-state index contributed by atoms with van der Waals surface area (Å²) in [6.07, 6.45) is 9.72. The van der Waals surface area contributed by atoms with E-state index in [1.165, 1.54) is 31.5 Å². The third-order valence-corrected chi connectivity index (χ3v) is 5.31. The van der Waals surface area contributed by atoms with Crippen molar-refractivity contribution < 1.29 is 4.79 Å². The molecule has 2 aliphatic heterocycles. The van der Waals surface area contributed by atoms with Gasteiger partial charge in [-0.3, -0.25) is 19.7 Å². The van der Waals surface area contributed by atoms with Gasteiger partial charge in [-0.25, -0.2) is 4.98 Å². The predicted molar refractivity (Wildman–Crippen MR) is 98.5 cm³/mol. The standard InChI is InChI=1S/C20H25N5O/c1-15-11-22-18(13-21-15)20(26)25-10-4-5-19(25)17-7-6-16(12-23-17)14-24-8-2-3-9-24/h6-7,11-13,19H,2-5,8-10,14H2,1H3/t19-/m0/s1. The Labute approximate surface area is 154 Å². The first-order valence-corrected chi connectivity index (χ1v) is 9.47. The SMILES string of the molecule is Cc1cnc(C(=O)N2CCC[C@H]2c2ccc(CN3CCCC3)cn2)cn1. The van der Waals surface area contributed by atoms with Gasteiger partial charge in [-0.05, 0) is 57.3 Å². The fourth-order valence-corrected chi connectivity index (χ4v) is 3.89. The van der Waals surface area contributed by atoms with Crippen LogP contribution >= 0.6 is 0 Å². The van der Waals surface area contributed by atoms with Crippen molar-refractivity contribution in [1.82, 2.24) is 24.8 Å². The average Bonchev–Trinajstić information content (AvgIpc) is 3.34.